The third-order valence-corrected chi connectivity index (χ3v) is 4.74. The number of hydrogen-bond donors (Lipinski definition) is 0. The van der Waals surface area contributed by atoms with Gasteiger partial charge in [0.05, 0.1) is 11.0 Å². The van der Waals surface area contributed by atoms with E-state index in [2.05, 4.69) is 77.8 Å². The van der Waals surface area contributed by atoms with Crippen LogP contribution in [-0.2, 0) is 0 Å². The van der Waals surface area contributed by atoms with E-state index < -0.39 is 0 Å². The molecule has 0 saturated heterocycles. The van der Waals surface area contributed by atoms with Crippen molar-refractivity contribution in [2.24, 2.45) is 0 Å². The molecule has 26 heavy (non-hydrogen) atoms. The first-order valence-electron chi connectivity index (χ1n) is 8.68. The molecule has 0 spiro atoms. The van der Waals surface area contributed by atoms with E-state index in [4.69, 9.17) is 4.98 Å². The molecule has 2 heteroatoms. The molecular weight excluding hydrogens is 316 g/mol. The van der Waals surface area contributed by atoms with Gasteiger partial charge in [-0.2, -0.15) is 0 Å². The Balaban J connectivity index is 1.89. The third kappa shape index (κ3) is 2.44. The average molecular weight is 332 g/mol. The summed E-state index contributed by atoms with van der Waals surface area (Å²) >= 11 is 0. The predicted octanol–water partition coefficient (Wildman–Crippen LogP) is 6.12. The van der Waals surface area contributed by atoms with Crippen LogP contribution in [0.4, 0.5) is 0 Å². The monoisotopic (exact) mass is 332 g/mol. The molecule has 2 aromatic heterocycles. The van der Waals surface area contributed by atoms with Crippen LogP contribution in [0.3, 0.4) is 0 Å². The van der Waals surface area contributed by atoms with Crippen LogP contribution < -0.4 is 0 Å². The lowest BCUT2D eigenvalue weighted by atomic mass is 9.94. The summed E-state index contributed by atoms with van der Waals surface area (Å²) in [4.78, 5) is 9.14. The first kappa shape index (κ1) is 14.8. The minimum atomic E-state index is 1.01. The highest BCUT2D eigenvalue weighted by Crippen LogP contribution is 2.36. The van der Waals surface area contributed by atoms with Gasteiger partial charge in [0.25, 0.3) is 0 Å². The van der Waals surface area contributed by atoms with E-state index in [0.29, 0.717) is 0 Å². The summed E-state index contributed by atoms with van der Waals surface area (Å²) < 4.78 is 0. The molecule has 0 amide bonds. The Kier molecular flexibility index (Phi) is 3.46. The smallest absolute Gasteiger partial charge is 0.0716 e. The fourth-order valence-corrected chi connectivity index (χ4v) is 3.52. The zero-order valence-electron chi connectivity index (χ0n) is 14.1. The van der Waals surface area contributed by atoms with E-state index in [0.717, 1.165) is 27.5 Å². The summed E-state index contributed by atoms with van der Waals surface area (Å²) in [6, 6.07) is 29.4. The van der Waals surface area contributed by atoms with Crippen LogP contribution in [-0.4, -0.2) is 9.97 Å². The van der Waals surface area contributed by atoms with Gasteiger partial charge >= 0.3 is 0 Å². The Morgan fingerprint density at radius 3 is 2.15 bits per heavy atom. The van der Waals surface area contributed by atoms with Crippen LogP contribution in [0.5, 0.6) is 0 Å². The summed E-state index contributed by atoms with van der Waals surface area (Å²) in [5, 5.41) is 2.34. The van der Waals surface area contributed by atoms with Crippen molar-refractivity contribution in [3.05, 3.63) is 97.3 Å². The second-order valence-electron chi connectivity index (χ2n) is 6.34. The van der Waals surface area contributed by atoms with Crippen LogP contribution in [0.25, 0.3) is 44.1 Å². The molecule has 5 rings (SSSR count). The van der Waals surface area contributed by atoms with Gasteiger partial charge in [0.2, 0.25) is 0 Å². The molecule has 122 valence electrons. The second-order valence-corrected chi connectivity index (χ2v) is 6.34. The molecule has 2 nitrogen and oxygen atoms in total. The van der Waals surface area contributed by atoms with Crippen molar-refractivity contribution in [2.45, 2.75) is 0 Å². The maximum atomic E-state index is 4.88. The van der Waals surface area contributed by atoms with Gasteiger partial charge in [0, 0.05) is 34.3 Å². The van der Waals surface area contributed by atoms with Gasteiger partial charge in [0.15, 0.2) is 0 Å². The standard InChI is InChI=1S/C24H16N2/c1-2-7-17(8-3-1)24-20-10-4-5-11-22(20)26-23-13-12-18(15-21(23)24)19-9-6-14-25-16-19/h1-16H. The van der Waals surface area contributed by atoms with E-state index in [-0.39, 0.29) is 0 Å². The molecule has 0 unspecified atom stereocenters. The van der Waals surface area contributed by atoms with E-state index >= 15 is 0 Å². The SMILES string of the molecule is c1ccc(-c2c3ccccc3nc3ccc(-c4cccnc4)cc23)cc1. The van der Waals surface area contributed by atoms with Crippen LogP contribution in [0, 0.1) is 0 Å². The maximum Gasteiger partial charge on any atom is 0.0716 e. The minimum Gasteiger partial charge on any atom is -0.264 e. The topological polar surface area (TPSA) is 25.8 Å². The number of nitrogens with zero attached hydrogens (tertiary/aromatic N) is 2. The van der Waals surface area contributed by atoms with E-state index in [9.17, 15) is 0 Å². The summed E-state index contributed by atoms with van der Waals surface area (Å²) in [5.74, 6) is 0. The summed E-state index contributed by atoms with van der Waals surface area (Å²) in [6.07, 6.45) is 3.70. The van der Waals surface area contributed by atoms with E-state index in [1.54, 1.807) is 6.20 Å². The Bertz CT molecular complexity index is 1210. The molecular formula is C24H16N2. The Morgan fingerprint density at radius 2 is 1.31 bits per heavy atom. The fraction of sp³-hybridized carbons (Fsp3) is 0. The lowest BCUT2D eigenvalue weighted by Gasteiger charge is -2.12. The molecule has 0 atom stereocenters. The van der Waals surface area contributed by atoms with Gasteiger partial charge in [-0.25, -0.2) is 4.98 Å². The number of benzene rings is 3. The molecule has 5 aromatic rings. The molecule has 0 N–H and O–H groups in total. The molecule has 0 fully saturated rings. The van der Waals surface area contributed by atoms with Crippen LogP contribution >= 0.6 is 0 Å². The normalized spacial score (nSPS) is 11.1. The average Bonchev–Trinajstić information content (AvgIpc) is 2.73. The van der Waals surface area contributed by atoms with Gasteiger partial charge < -0.3 is 0 Å². The van der Waals surface area contributed by atoms with Crippen LogP contribution in [0.2, 0.25) is 0 Å². The Hall–Kier alpha value is -3.52. The minimum absolute atomic E-state index is 1.01. The van der Waals surface area contributed by atoms with Crippen LogP contribution in [0.1, 0.15) is 0 Å². The first-order chi connectivity index (χ1) is 12.9. The Morgan fingerprint density at radius 1 is 0.538 bits per heavy atom. The lowest BCUT2D eigenvalue weighted by Crippen LogP contribution is -1.90. The Labute approximate surface area is 151 Å². The van der Waals surface area contributed by atoms with E-state index in [1.165, 1.54) is 16.5 Å². The van der Waals surface area contributed by atoms with Crippen molar-refractivity contribution in [2.75, 3.05) is 0 Å². The van der Waals surface area contributed by atoms with E-state index in [1.807, 2.05) is 18.3 Å². The zero-order valence-corrected chi connectivity index (χ0v) is 14.1. The van der Waals surface area contributed by atoms with Gasteiger partial charge in [-0.15, -0.1) is 0 Å². The molecule has 0 aliphatic heterocycles. The number of hydrogen-bond acceptors (Lipinski definition) is 2. The highest BCUT2D eigenvalue weighted by atomic mass is 14.7. The summed E-state index contributed by atoms with van der Waals surface area (Å²) in [5.41, 5.74) is 6.74. The molecule has 0 radical (unpaired) electrons. The number of pyridine rings is 2. The number of para-hydroxylation sites is 1. The highest BCUT2D eigenvalue weighted by molar-refractivity contribution is 6.10. The molecule has 0 bridgehead atoms. The van der Waals surface area contributed by atoms with Crippen molar-refractivity contribution >= 4 is 21.8 Å². The third-order valence-electron chi connectivity index (χ3n) is 4.74. The predicted molar refractivity (Wildman–Crippen MR) is 108 cm³/mol. The van der Waals surface area contributed by atoms with Crippen LogP contribution in [0.15, 0.2) is 97.3 Å². The van der Waals surface area contributed by atoms with Gasteiger partial charge in [-0.05, 0) is 35.4 Å². The van der Waals surface area contributed by atoms with Gasteiger partial charge in [0.1, 0.15) is 0 Å². The molecule has 0 saturated carbocycles. The summed E-state index contributed by atoms with van der Waals surface area (Å²) in [6.45, 7) is 0. The van der Waals surface area contributed by atoms with Crippen molar-refractivity contribution in [1.82, 2.24) is 9.97 Å². The van der Waals surface area contributed by atoms with Gasteiger partial charge in [-0.3, -0.25) is 4.98 Å². The lowest BCUT2D eigenvalue weighted by molar-refractivity contribution is 1.33. The van der Waals surface area contributed by atoms with Crippen molar-refractivity contribution in [1.29, 1.82) is 0 Å². The van der Waals surface area contributed by atoms with Crippen molar-refractivity contribution in [3.8, 4) is 22.3 Å². The zero-order chi connectivity index (χ0) is 17.3. The maximum absolute atomic E-state index is 4.88. The van der Waals surface area contributed by atoms with Crippen molar-refractivity contribution < 1.29 is 0 Å². The fourth-order valence-electron chi connectivity index (χ4n) is 3.52. The number of aromatic nitrogens is 2. The summed E-state index contributed by atoms with van der Waals surface area (Å²) in [7, 11) is 0. The molecule has 0 aliphatic rings. The van der Waals surface area contributed by atoms with Crippen molar-refractivity contribution in [3.63, 3.8) is 0 Å². The molecule has 3 aromatic carbocycles. The first-order valence-corrected chi connectivity index (χ1v) is 8.68. The quantitative estimate of drug-likeness (QED) is 0.364. The number of rotatable bonds is 2. The molecule has 0 aliphatic carbocycles. The largest absolute Gasteiger partial charge is 0.264 e. The van der Waals surface area contributed by atoms with Gasteiger partial charge in [-0.1, -0.05) is 60.7 Å². The molecule has 2 heterocycles. The number of fused-ring (bicyclic) bond motifs is 2. The second kappa shape index (κ2) is 6.08. The highest BCUT2D eigenvalue weighted by Gasteiger charge is 2.12.